The Kier molecular flexibility index (Phi) is 8.09. The van der Waals surface area contributed by atoms with Crippen molar-refractivity contribution in [2.45, 2.75) is 83.2 Å². The maximum atomic E-state index is 10.2. The molecular formula is C15H27NO. The molecule has 1 fully saturated rings. The predicted octanol–water partition coefficient (Wildman–Crippen LogP) is 4.18. The van der Waals surface area contributed by atoms with E-state index in [2.05, 4.69) is 6.07 Å². The average Bonchev–Trinajstić information content (AvgIpc) is 2.33. The van der Waals surface area contributed by atoms with Crippen LogP contribution in [0.3, 0.4) is 0 Å². The summed E-state index contributed by atoms with van der Waals surface area (Å²) in [6.45, 7) is 0. The van der Waals surface area contributed by atoms with Crippen LogP contribution in [0.4, 0.5) is 0 Å². The molecule has 0 aromatic heterocycles. The van der Waals surface area contributed by atoms with Gasteiger partial charge in [0.05, 0.1) is 12.2 Å². The number of rotatable bonds is 2. The van der Waals surface area contributed by atoms with E-state index in [0.29, 0.717) is 12.3 Å². The Morgan fingerprint density at radius 1 is 0.882 bits per heavy atom. The highest BCUT2D eigenvalue weighted by molar-refractivity contribution is 4.76. The van der Waals surface area contributed by atoms with Crippen LogP contribution in [0.15, 0.2) is 0 Å². The molecule has 1 rings (SSSR count). The highest BCUT2D eigenvalue weighted by atomic mass is 16.3. The van der Waals surface area contributed by atoms with Gasteiger partial charge in [-0.05, 0) is 25.2 Å². The van der Waals surface area contributed by atoms with E-state index >= 15 is 0 Å². The summed E-state index contributed by atoms with van der Waals surface area (Å²) in [6, 6.07) is 2.21. The molecule has 0 bridgehead atoms. The van der Waals surface area contributed by atoms with Gasteiger partial charge in [-0.2, -0.15) is 5.26 Å². The van der Waals surface area contributed by atoms with Crippen molar-refractivity contribution < 1.29 is 5.11 Å². The molecule has 0 aromatic carbocycles. The molecule has 1 saturated carbocycles. The maximum Gasteiger partial charge on any atom is 0.0621 e. The second-order valence-electron chi connectivity index (χ2n) is 5.43. The van der Waals surface area contributed by atoms with Crippen LogP contribution in [0.5, 0.6) is 0 Å². The van der Waals surface area contributed by atoms with Gasteiger partial charge in [0, 0.05) is 6.42 Å². The van der Waals surface area contributed by atoms with E-state index in [1.807, 2.05) is 0 Å². The van der Waals surface area contributed by atoms with E-state index in [-0.39, 0.29) is 6.10 Å². The van der Waals surface area contributed by atoms with E-state index in [9.17, 15) is 5.11 Å². The molecule has 1 N–H and O–H groups in total. The Bertz CT molecular complexity index is 221. The zero-order valence-electron chi connectivity index (χ0n) is 11.0. The van der Waals surface area contributed by atoms with Gasteiger partial charge in [0.2, 0.25) is 0 Å². The molecule has 0 radical (unpaired) electrons. The Labute approximate surface area is 106 Å². The minimum Gasteiger partial charge on any atom is -0.393 e. The van der Waals surface area contributed by atoms with Crippen molar-refractivity contribution in [2.75, 3.05) is 0 Å². The summed E-state index contributed by atoms with van der Waals surface area (Å²) >= 11 is 0. The minimum atomic E-state index is -0.164. The van der Waals surface area contributed by atoms with Gasteiger partial charge in [0.15, 0.2) is 0 Å². The molecule has 0 amide bonds. The van der Waals surface area contributed by atoms with Crippen LogP contribution in [0.1, 0.15) is 77.0 Å². The normalized spacial score (nSPS) is 28.7. The molecule has 0 saturated heterocycles. The first-order valence-corrected chi connectivity index (χ1v) is 7.39. The van der Waals surface area contributed by atoms with E-state index in [1.165, 1.54) is 44.9 Å². The molecular weight excluding hydrogens is 210 g/mol. The van der Waals surface area contributed by atoms with Gasteiger partial charge in [0.25, 0.3) is 0 Å². The second kappa shape index (κ2) is 9.48. The fraction of sp³-hybridized carbons (Fsp3) is 0.933. The first kappa shape index (κ1) is 14.5. The van der Waals surface area contributed by atoms with Crippen LogP contribution in [0.25, 0.3) is 0 Å². The van der Waals surface area contributed by atoms with Gasteiger partial charge in [-0.3, -0.25) is 0 Å². The molecule has 2 nitrogen and oxygen atoms in total. The maximum absolute atomic E-state index is 10.2. The number of aliphatic hydroxyl groups excluding tert-OH is 1. The number of nitrogens with zero attached hydrogens (tertiary/aromatic N) is 1. The minimum absolute atomic E-state index is 0.164. The third-order valence-electron chi connectivity index (χ3n) is 4.00. The standard InChI is InChI=1S/C15H27NO/c16-13-9-11-14-10-7-5-3-1-2-4-6-8-12-15(14)17/h14-15,17H,1-12H2/t14-,15-/m0/s1. The van der Waals surface area contributed by atoms with E-state index < -0.39 is 0 Å². The molecule has 17 heavy (non-hydrogen) atoms. The summed E-state index contributed by atoms with van der Waals surface area (Å²) in [5, 5.41) is 18.8. The topological polar surface area (TPSA) is 44.0 Å². The van der Waals surface area contributed by atoms with Gasteiger partial charge in [-0.1, -0.05) is 51.4 Å². The fourth-order valence-corrected chi connectivity index (χ4v) is 2.84. The van der Waals surface area contributed by atoms with Gasteiger partial charge >= 0.3 is 0 Å². The average molecular weight is 237 g/mol. The van der Waals surface area contributed by atoms with Crippen LogP contribution in [0.2, 0.25) is 0 Å². The van der Waals surface area contributed by atoms with Crippen LogP contribution >= 0.6 is 0 Å². The smallest absolute Gasteiger partial charge is 0.0621 e. The van der Waals surface area contributed by atoms with Crippen molar-refractivity contribution in [3.63, 3.8) is 0 Å². The Hall–Kier alpha value is -0.550. The number of aliphatic hydroxyl groups is 1. The van der Waals surface area contributed by atoms with Crippen molar-refractivity contribution in [3.8, 4) is 6.07 Å². The number of hydrogen-bond donors (Lipinski definition) is 1. The van der Waals surface area contributed by atoms with Gasteiger partial charge in [0.1, 0.15) is 0 Å². The first-order valence-electron chi connectivity index (χ1n) is 7.39. The third-order valence-corrected chi connectivity index (χ3v) is 4.00. The summed E-state index contributed by atoms with van der Waals surface area (Å²) in [6.07, 6.45) is 13.8. The molecule has 0 spiro atoms. The fourth-order valence-electron chi connectivity index (χ4n) is 2.84. The monoisotopic (exact) mass is 237 g/mol. The molecule has 0 aliphatic heterocycles. The Morgan fingerprint density at radius 3 is 2.00 bits per heavy atom. The molecule has 1 aliphatic rings. The lowest BCUT2D eigenvalue weighted by atomic mass is 9.87. The lowest BCUT2D eigenvalue weighted by Gasteiger charge is -2.22. The summed E-state index contributed by atoms with van der Waals surface area (Å²) in [4.78, 5) is 0. The van der Waals surface area contributed by atoms with Crippen molar-refractivity contribution in [3.05, 3.63) is 0 Å². The van der Waals surface area contributed by atoms with Gasteiger partial charge in [-0.15, -0.1) is 0 Å². The molecule has 0 unspecified atom stereocenters. The van der Waals surface area contributed by atoms with Crippen molar-refractivity contribution in [1.82, 2.24) is 0 Å². The molecule has 98 valence electrons. The van der Waals surface area contributed by atoms with E-state index in [0.717, 1.165) is 25.7 Å². The SMILES string of the molecule is N#CCC[C@@H]1CCCCCCCCCC[C@@H]1O. The Balaban J connectivity index is 2.37. The van der Waals surface area contributed by atoms with Crippen molar-refractivity contribution in [2.24, 2.45) is 5.92 Å². The summed E-state index contributed by atoms with van der Waals surface area (Å²) in [7, 11) is 0. The molecule has 0 heterocycles. The zero-order valence-corrected chi connectivity index (χ0v) is 11.0. The Morgan fingerprint density at radius 2 is 1.41 bits per heavy atom. The highest BCUT2D eigenvalue weighted by Gasteiger charge is 2.18. The van der Waals surface area contributed by atoms with Gasteiger partial charge < -0.3 is 5.11 Å². The predicted molar refractivity (Wildman–Crippen MR) is 70.5 cm³/mol. The number of nitriles is 1. The largest absolute Gasteiger partial charge is 0.393 e. The second-order valence-corrected chi connectivity index (χ2v) is 5.43. The van der Waals surface area contributed by atoms with Gasteiger partial charge in [-0.25, -0.2) is 0 Å². The quantitative estimate of drug-likeness (QED) is 0.783. The highest BCUT2D eigenvalue weighted by Crippen LogP contribution is 2.24. The molecule has 0 aromatic rings. The molecule has 1 aliphatic carbocycles. The molecule has 2 heteroatoms. The van der Waals surface area contributed by atoms with Crippen molar-refractivity contribution >= 4 is 0 Å². The van der Waals surface area contributed by atoms with Crippen LogP contribution < -0.4 is 0 Å². The summed E-state index contributed by atoms with van der Waals surface area (Å²) in [5.74, 6) is 0.370. The summed E-state index contributed by atoms with van der Waals surface area (Å²) in [5.41, 5.74) is 0. The number of hydrogen-bond acceptors (Lipinski definition) is 2. The van der Waals surface area contributed by atoms with Crippen LogP contribution in [-0.4, -0.2) is 11.2 Å². The summed E-state index contributed by atoms with van der Waals surface area (Å²) < 4.78 is 0. The molecule has 2 atom stereocenters. The van der Waals surface area contributed by atoms with Crippen molar-refractivity contribution in [1.29, 1.82) is 5.26 Å². The van der Waals surface area contributed by atoms with Crippen LogP contribution in [-0.2, 0) is 0 Å². The van der Waals surface area contributed by atoms with E-state index in [4.69, 9.17) is 5.26 Å². The zero-order chi connectivity index (χ0) is 12.3. The lowest BCUT2D eigenvalue weighted by Crippen LogP contribution is -2.20. The lowest BCUT2D eigenvalue weighted by molar-refractivity contribution is 0.0848. The third kappa shape index (κ3) is 6.68. The first-order chi connectivity index (χ1) is 8.34. The van der Waals surface area contributed by atoms with Crippen LogP contribution in [0, 0.1) is 17.2 Å². The van der Waals surface area contributed by atoms with E-state index in [1.54, 1.807) is 0 Å².